The quantitative estimate of drug-likeness (QED) is 0.310. The van der Waals surface area contributed by atoms with E-state index in [4.69, 9.17) is 21.2 Å². The minimum Gasteiger partial charge on any atom is -0.449 e. The summed E-state index contributed by atoms with van der Waals surface area (Å²) in [5.74, 6) is 0.993. The predicted molar refractivity (Wildman–Crippen MR) is 93.7 cm³/mol. The first-order chi connectivity index (χ1) is 11.4. The van der Waals surface area contributed by atoms with E-state index in [-0.39, 0.29) is 17.3 Å². The second kappa shape index (κ2) is 7.42. The van der Waals surface area contributed by atoms with Gasteiger partial charge in [-0.3, -0.25) is 4.79 Å². The van der Waals surface area contributed by atoms with E-state index in [1.165, 1.54) is 19.3 Å². The molecule has 0 aliphatic heterocycles. The molecule has 0 spiro atoms. The molecule has 136 valence electrons. The van der Waals surface area contributed by atoms with Crippen molar-refractivity contribution >= 4 is 36.2 Å². The number of rotatable bonds is 7. The molecule has 5 nitrogen and oxygen atoms in total. The van der Waals surface area contributed by atoms with Gasteiger partial charge in [0.05, 0.1) is 17.3 Å². The summed E-state index contributed by atoms with van der Waals surface area (Å²) in [4.78, 5) is 29.4. The molecule has 0 amide bonds. The van der Waals surface area contributed by atoms with Crippen LogP contribution in [0, 0.1) is 23.7 Å². The van der Waals surface area contributed by atoms with Gasteiger partial charge in [0.2, 0.25) is 6.10 Å². The molecular formula is C17H26ClNO4S. The molecule has 4 aliphatic rings. The van der Waals surface area contributed by atoms with Crippen LogP contribution in [0.15, 0.2) is 0 Å². The van der Waals surface area contributed by atoms with Gasteiger partial charge in [-0.15, -0.1) is 17.1 Å². The molecule has 0 heterocycles. The molecule has 0 aromatic rings. The van der Waals surface area contributed by atoms with Gasteiger partial charge in [0.15, 0.2) is 0 Å². The van der Waals surface area contributed by atoms with Gasteiger partial charge >= 0.3 is 11.9 Å². The second-order valence-electron chi connectivity index (χ2n) is 7.88. The maximum Gasteiger partial charge on any atom is 0.367 e. The molecule has 4 saturated carbocycles. The molecule has 4 bridgehead atoms. The SMILES string of the molecule is C[C@H](CS)C(=O)O[C@@H](CCl)C(=O)ONC12CC3CC(CC(C3)C1)C2. The van der Waals surface area contributed by atoms with Crippen molar-refractivity contribution in [2.75, 3.05) is 11.6 Å². The molecule has 4 rings (SSSR count). The highest BCUT2D eigenvalue weighted by molar-refractivity contribution is 7.80. The predicted octanol–water partition coefficient (Wildman–Crippen LogP) is 2.72. The van der Waals surface area contributed by atoms with E-state index < -0.39 is 18.0 Å². The van der Waals surface area contributed by atoms with E-state index in [1.54, 1.807) is 6.92 Å². The number of carbonyl (C=O) groups is 2. The Hall–Kier alpha value is -0.460. The Balaban J connectivity index is 1.53. The zero-order chi connectivity index (χ0) is 17.3. The fourth-order valence-corrected chi connectivity index (χ4v) is 5.27. The van der Waals surface area contributed by atoms with Crippen LogP contribution >= 0.6 is 24.2 Å². The summed E-state index contributed by atoms with van der Waals surface area (Å²) in [6.45, 7) is 1.69. The molecular weight excluding hydrogens is 350 g/mol. The zero-order valence-electron chi connectivity index (χ0n) is 14.0. The Labute approximate surface area is 153 Å². The third-order valence-corrected chi connectivity index (χ3v) is 6.57. The summed E-state index contributed by atoms with van der Waals surface area (Å²) in [6, 6.07) is 0. The van der Waals surface area contributed by atoms with Crippen LogP contribution in [-0.4, -0.2) is 35.2 Å². The van der Waals surface area contributed by atoms with E-state index in [0.717, 1.165) is 37.0 Å². The van der Waals surface area contributed by atoms with Gasteiger partial charge in [0.25, 0.3) is 0 Å². The van der Waals surface area contributed by atoms with Gasteiger partial charge in [-0.25, -0.2) is 4.79 Å². The van der Waals surface area contributed by atoms with Crippen molar-refractivity contribution in [2.24, 2.45) is 23.7 Å². The van der Waals surface area contributed by atoms with E-state index in [2.05, 4.69) is 18.1 Å². The number of hydrogen-bond donors (Lipinski definition) is 2. The molecule has 7 heteroatoms. The standard InChI is InChI=1S/C17H26ClNO4S/c1-10(9-24)15(20)22-14(8-18)16(21)23-19-17-5-11-2-12(6-17)4-13(3-11)7-17/h10-14,19,24H,2-9H2,1H3/t10-,11?,12?,13?,14+,17?/m1/s1. The largest absolute Gasteiger partial charge is 0.449 e. The van der Waals surface area contributed by atoms with Crippen LogP contribution in [0.1, 0.15) is 45.4 Å². The van der Waals surface area contributed by atoms with Crippen LogP contribution in [0.5, 0.6) is 0 Å². The van der Waals surface area contributed by atoms with E-state index >= 15 is 0 Å². The summed E-state index contributed by atoms with van der Waals surface area (Å²) >= 11 is 9.84. The van der Waals surface area contributed by atoms with Gasteiger partial charge in [-0.05, 0) is 56.3 Å². The summed E-state index contributed by atoms with van der Waals surface area (Å²) in [5, 5.41) is 0. The second-order valence-corrected chi connectivity index (χ2v) is 8.56. The number of esters is 1. The lowest BCUT2D eigenvalue weighted by atomic mass is 9.53. The number of thiol groups is 1. The van der Waals surface area contributed by atoms with E-state index in [0.29, 0.717) is 5.75 Å². The normalized spacial score (nSPS) is 36.2. The minimum absolute atomic E-state index is 0.0936. The Morgan fingerprint density at radius 3 is 2.17 bits per heavy atom. The van der Waals surface area contributed by atoms with Crippen molar-refractivity contribution in [1.82, 2.24) is 5.48 Å². The Kier molecular flexibility index (Phi) is 5.67. The highest BCUT2D eigenvalue weighted by atomic mass is 35.5. The van der Waals surface area contributed by atoms with Crippen LogP contribution in [0.4, 0.5) is 0 Å². The number of alkyl halides is 1. The molecule has 0 unspecified atom stereocenters. The molecule has 24 heavy (non-hydrogen) atoms. The van der Waals surface area contributed by atoms with Crippen LogP contribution < -0.4 is 5.48 Å². The highest BCUT2D eigenvalue weighted by Gasteiger charge is 2.51. The molecule has 4 fully saturated rings. The summed E-state index contributed by atoms with van der Waals surface area (Å²) in [5.41, 5.74) is 2.95. The van der Waals surface area contributed by atoms with Crippen LogP contribution in [-0.2, 0) is 19.2 Å². The average Bonchev–Trinajstić information content (AvgIpc) is 2.55. The van der Waals surface area contributed by atoms with Crippen molar-refractivity contribution in [3.8, 4) is 0 Å². The third kappa shape index (κ3) is 3.86. The molecule has 2 atom stereocenters. The fraction of sp³-hybridized carbons (Fsp3) is 0.882. The number of nitrogens with one attached hydrogen (secondary N) is 1. The molecule has 0 aromatic carbocycles. The van der Waals surface area contributed by atoms with Gasteiger partial charge in [-0.2, -0.15) is 12.6 Å². The molecule has 4 aliphatic carbocycles. The molecule has 0 aromatic heterocycles. The molecule has 1 N–H and O–H groups in total. The number of halogens is 1. The molecule has 0 radical (unpaired) electrons. The van der Waals surface area contributed by atoms with Gasteiger partial charge < -0.3 is 9.57 Å². The van der Waals surface area contributed by atoms with Crippen molar-refractivity contribution in [2.45, 2.75) is 57.1 Å². The lowest BCUT2D eigenvalue weighted by Gasteiger charge is -2.56. The third-order valence-electron chi connectivity index (χ3n) is 5.74. The van der Waals surface area contributed by atoms with E-state index in [1.807, 2.05) is 0 Å². The Bertz CT molecular complexity index is 466. The minimum atomic E-state index is -1.08. The summed E-state index contributed by atoms with van der Waals surface area (Å²) in [7, 11) is 0. The van der Waals surface area contributed by atoms with Crippen molar-refractivity contribution in [3.05, 3.63) is 0 Å². The number of carbonyl (C=O) groups excluding carboxylic acids is 2. The van der Waals surface area contributed by atoms with E-state index in [9.17, 15) is 9.59 Å². The van der Waals surface area contributed by atoms with Crippen LogP contribution in [0.3, 0.4) is 0 Å². The number of hydroxylamine groups is 1. The van der Waals surface area contributed by atoms with Crippen LogP contribution in [0.25, 0.3) is 0 Å². The van der Waals surface area contributed by atoms with Gasteiger partial charge in [-0.1, -0.05) is 6.92 Å². The maximum atomic E-state index is 12.2. The first kappa shape index (κ1) is 18.3. The van der Waals surface area contributed by atoms with Crippen LogP contribution in [0.2, 0.25) is 0 Å². The first-order valence-corrected chi connectivity index (χ1v) is 9.96. The zero-order valence-corrected chi connectivity index (χ0v) is 15.7. The summed E-state index contributed by atoms with van der Waals surface area (Å²) < 4.78 is 5.15. The number of ether oxygens (including phenoxy) is 1. The topological polar surface area (TPSA) is 64.6 Å². The summed E-state index contributed by atoms with van der Waals surface area (Å²) in [6.07, 6.45) is 6.06. The van der Waals surface area contributed by atoms with Crippen molar-refractivity contribution in [1.29, 1.82) is 0 Å². The highest BCUT2D eigenvalue weighted by Crippen LogP contribution is 2.55. The fourth-order valence-electron chi connectivity index (χ4n) is 4.93. The molecule has 0 saturated heterocycles. The van der Waals surface area contributed by atoms with Crippen molar-refractivity contribution < 1.29 is 19.2 Å². The van der Waals surface area contributed by atoms with Gasteiger partial charge in [0.1, 0.15) is 0 Å². The van der Waals surface area contributed by atoms with Gasteiger partial charge in [0, 0.05) is 5.75 Å². The smallest absolute Gasteiger partial charge is 0.367 e. The number of hydrogen-bond acceptors (Lipinski definition) is 6. The lowest BCUT2D eigenvalue weighted by Crippen LogP contribution is -2.59. The lowest BCUT2D eigenvalue weighted by molar-refractivity contribution is -0.182. The van der Waals surface area contributed by atoms with Crippen molar-refractivity contribution in [3.63, 3.8) is 0 Å². The Morgan fingerprint density at radius 1 is 1.17 bits per heavy atom. The first-order valence-electron chi connectivity index (χ1n) is 8.80. The monoisotopic (exact) mass is 375 g/mol. The maximum absolute atomic E-state index is 12.2. The average molecular weight is 376 g/mol. The Morgan fingerprint density at radius 2 is 1.71 bits per heavy atom.